The first-order valence-electron chi connectivity index (χ1n) is 6.78. The number of nitrogens with zero attached hydrogens (tertiary/aromatic N) is 1. The van der Waals surface area contributed by atoms with Crippen LogP contribution in [0.4, 0.5) is 5.82 Å². The molecule has 0 saturated heterocycles. The van der Waals surface area contributed by atoms with Crippen molar-refractivity contribution in [3.05, 3.63) is 44.7 Å². The van der Waals surface area contributed by atoms with E-state index in [9.17, 15) is 4.79 Å². The summed E-state index contributed by atoms with van der Waals surface area (Å²) < 4.78 is 0. The molecule has 4 nitrogen and oxygen atoms in total. The third kappa shape index (κ3) is 3.95. The fourth-order valence-corrected chi connectivity index (χ4v) is 2.99. The lowest BCUT2D eigenvalue weighted by Crippen LogP contribution is -2.26. The Bertz CT molecular complexity index is 642. The first-order chi connectivity index (χ1) is 10.0. The summed E-state index contributed by atoms with van der Waals surface area (Å²) in [5.41, 5.74) is 0.433. The largest absolute Gasteiger partial charge is 0.370 e. The summed E-state index contributed by atoms with van der Waals surface area (Å²) in [7, 11) is 0. The molecule has 2 rings (SSSR count). The van der Waals surface area contributed by atoms with Gasteiger partial charge in [0.2, 0.25) is 0 Å². The molecule has 2 aromatic rings. The van der Waals surface area contributed by atoms with Crippen molar-refractivity contribution in [3.8, 4) is 0 Å². The number of aryl methyl sites for hydroxylation is 1. The van der Waals surface area contributed by atoms with Crippen LogP contribution in [0.1, 0.15) is 40.0 Å². The Morgan fingerprint density at radius 3 is 2.86 bits per heavy atom. The zero-order chi connectivity index (χ0) is 15.4. The van der Waals surface area contributed by atoms with E-state index in [1.54, 1.807) is 17.4 Å². The highest BCUT2D eigenvalue weighted by atomic mass is 35.5. The van der Waals surface area contributed by atoms with E-state index >= 15 is 0 Å². The minimum atomic E-state index is -0.194. The van der Waals surface area contributed by atoms with Gasteiger partial charge in [0.1, 0.15) is 5.82 Å². The molecule has 1 amide bonds. The molecule has 21 heavy (non-hydrogen) atoms. The molecule has 6 heteroatoms. The van der Waals surface area contributed by atoms with Crippen molar-refractivity contribution in [1.82, 2.24) is 10.3 Å². The number of rotatable bonds is 5. The fourth-order valence-electron chi connectivity index (χ4n) is 1.92. The SMILES string of the molecule is CCNc1cc(C(=O)NC(C)c2ccc(C)s2)c(Cl)cn1. The van der Waals surface area contributed by atoms with Crippen LogP contribution in [0.25, 0.3) is 0 Å². The van der Waals surface area contributed by atoms with Crippen LogP contribution in [-0.4, -0.2) is 17.4 Å². The van der Waals surface area contributed by atoms with Crippen molar-refractivity contribution >= 4 is 34.7 Å². The maximum Gasteiger partial charge on any atom is 0.253 e. The molecule has 0 aliphatic rings. The molecule has 2 N–H and O–H groups in total. The molecule has 0 radical (unpaired) electrons. The van der Waals surface area contributed by atoms with E-state index in [4.69, 9.17) is 11.6 Å². The molecule has 0 fully saturated rings. The minimum Gasteiger partial charge on any atom is -0.370 e. The molecule has 0 bridgehead atoms. The fraction of sp³-hybridized carbons (Fsp3) is 0.333. The number of pyridine rings is 1. The zero-order valence-corrected chi connectivity index (χ0v) is 13.8. The van der Waals surface area contributed by atoms with Gasteiger partial charge in [-0.1, -0.05) is 11.6 Å². The minimum absolute atomic E-state index is 0.0528. The van der Waals surface area contributed by atoms with Crippen molar-refractivity contribution in [2.75, 3.05) is 11.9 Å². The first kappa shape index (κ1) is 15.8. The van der Waals surface area contributed by atoms with Gasteiger partial charge in [-0.2, -0.15) is 0 Å². The van der Waals surface area contributed by atoms with E-state index in [1.807, 2.05) is 32.9 Å². The average Bonchev–Trinajstić information content (AvgIpc) is 2.88. The number of aromatic nitrogens is 1. The van der Waals surface area contributed by atoms with E-state index in [0.29, 0.717) is 16.4 Å². The third-order valence-electron chi connectivity index (χ3n) is 2.99. The highest BCUT2D eigenvalue weighted by Gasteiger charge is 2.16. The molecule has 0 aliphatic carbocycles. The summed E-state index contributed by atoms with van der Waals surface area (Å²) in [6.07, 6.45) is 1.49. The third-order valence-corrected chi connectivity index (χ3v) is 4.48. The summed E-state index contributed by atoms with van der Waals surface area (Å²) in [4.78, 5) is 18.8. The summed E-state index contributed by atoms with van der Waals surface area (Å²) in [6, 6.07) is 5.70. The molecule has 2 heterocycles. The molecular weight excluding hydrogens is 306 g/mol. The van der Waals surface area contributed by atoms with E-state index in [0.717, 1.165) is 11.4 Å². The predicted octanol–water partition coefficient (Wildman–Crippen LogP) is 4.03. The Labute approximate surface area is 133 Å². The zero-order valence-electron chi connectivity index (χ0n) is 12.2. The van der Waals surface area contributed by atoms with E-state index in [1.165, 1.54) is 11.1 Å². The van der Waals surface area contributed by atoms with Gasteiger partial charge >= 0.3 is 0 Å². The number of thiophene rings is 1. The van der Waals surface area contributed by atoms with Crippen molar-refractivity contribution in [3.63, 3.8) is 0 Å². The normalized spacial score (nSPS) is 12.0. The van der Waals surface area contributed by atoms with E-state index < -0.39 is 0 Å². The number of nitrogens with one attached hydrogen (secondary N) is 2. The first-order valence-corrected chi connectivity index (χ1v) is 7.97. The van der Waals surface area contributed by atoms with Crippen molar-refractivity contribution in [2.24, 2.45) is 0 Å². The highest BCUT2D eigenvalue weighted by molar-refractivity contribution is 7.12. The molecular formula is C15H18ClN3OS. The monoisotopic (exact) mass is 323 g/mol. The maximum absolute atomic E-state index is 12.4. The van der Waals surface area contributed by atoms with Crippen LogP contribution in [0.15, 0.2) is 24.4 Å². The van der Waals surface area contributed by atoms with Crippen LogP contribution >= 0.6 is 22.9 Å². The van der Waals surface area contributed by atoms with Crippen molar-refractivity contribution < 1.29 is 4.79 Å². The number of carbonyl (C=O) groups excluding carboxylic acids is 1. The standard InChI is InChI=1S/C15H18ClN3OS/c1-4-17-14-7-11(12(16)8-18-14)15(20)19-10(3)13-6-5-9(2)21-13/h5-8,10H,4H2,1-3H3,(H,17,18)(H,19,20). The van der Waals surface area contributed by atoms with Crippen LogP contribution in [0.5, 0.6) is 0 Å². The second-order valence-corrected chi connectivity index (χ2v) is 6.45. The summed E-state index contributed by atoms with van der Waals surface area (Å²) in [5, 5.41) is 6.39. The van der Waals surface area contributed by atoms with Gasteiger partial charge in [0.15, 0.2) is 0 Å². The van der Waals surface area contributed by atoms with Crippen LogP contribution in [0, 0.1) is 6.92 Å². The number of hydrogen-bond donors (Lipinski definition) is 2. The second kappa shape index (κ2) is 6.91. The Balaban J connectivity index is 2.14. The van der Waals surface area contributed by atoms with Crippen molar-refractivity contribution in [1.29, 1.82) is 0 Å². The van der Waals surface area contributed by atoms with Gasteiger partial charge in [-0.3, -0.25) is 4.79 Å². The Morgan fingerprint density at radius 2 is 2.24 bits per heavy atom. The maximum atomic E-state index is 12.4. The van der Waals surface area contributed by atoms with Crippen molar-refractivity contribution in [2.45, 2.75) is 26.8 Å². The number of anilines is 1. The molecule has 0 spiro atoms. The van der Waals surface area contributed by atoms with E-state index in [-0.39, 0.29) is 11.9 Å². The van der Waals surface area contributed by atoms with Crippen LogP contribution < -0.4 is 10.6 Å². The summed E-state index contributed by atoms with van der Waals surface area (Å²) in [6.45, 7) is 6.71. The molecule has 1 unspecified atom stereocenters. The topological polar surface area (TPSA) is 54.0 Å². The van der Waals surface area contributed by atoms with Crippen LogP contribution in [-0.2, 0) is 0 Å². The number of carbonyl (C=O) groups is 1. The van der Waals surface area contributed by atoms with Gasteiger partial charge < -0.3 is 10.6 Å². The summed E-state index contributed by atoms with van der Waals surface area (Å²) >= 11 is 7.75. The smallest absolute Gasteiger partial charge is 0.253 e. The van der Waals surface area contributed by atoms with E-state index in [2.05, 4.69) is 15.6 Å². The quantitative estimate of drug-likeness (QED) is 0.873. The number of amides is 1. The molecule has 0 aromatic carbocycles. The number of halogens is 1. The second-order valence-electron chi connectivity index (χ2n) is 4.72. The molecule has 0 saturated carbocycles. The summed E-state index contributed by atoms with van der Waals surface area (Å²) in [5.74, 6) is 0.451. The average molecular weight is 324 g/mol. The van der Waals surface area contributed by atoms with Gasteiger partial charge in [0, 0.05) is 22.5 Å². The van der Waals surface area contributed by atoms with Gasteiger partial charge in [-0.25, -0.2) is 4.98 Å². The van der Waals surface area contributed by atoms with Crippen LogP contribution in [0.2, 0.25) is 5.02 Å². The molecule has 1 atom stereocenters. The predicted molar refractivity (Wildman–Crippen MR) is 88.3 cm³/mol. The molecule has 0 aliphatic heterocycles. The molecule has 2 aromatic heterocycles. The highest BCUT2D eigenvalue weighted by Crippen LogP contribution is 2.24. The number of hydrogen-bond acceptors (Lipinski definition) is 4. The lowest BCUT2D eigenvalue weighted by Gasteiger charge is -2.13. The van der Waals surface area contributed by atoms with Gasteiger partial charge in [0.25, 0.3) is 5.91 Å². The Kier molecular flexibility index (Phi) is 5.20. The van der Waals surface area contributed by atoms with Gasteiger partial charge in [0.05, 0.1) is 16.6 Å². The lowest BCUT2D eigenvalue weighted by molar-refractivity contribution is 0.0940. The Morgan fingerprint density at radius 1 is 1.48 bits per heavy atom. The van der Waals surface area contributed by atoms with Crippen LogP contribution in [0.3, 0.4) is 0 Å². The molecule has 112 valence electrons. The van der Waals surface area contributed by atoms with Gasteiger partial charge in [-0.05, 0) is 39.0 Å². The van der Waals surface area contributed by atoms with Gasteiger partial charge in [-0.15, -0.1) is 11.3 Å². The lowest BCUT2D eigenvalue weighted by atomic mass is 10.2. The Hall–Kier alpha value is -1.59.